The van der Waals surface area contributed by atoms with Crippen LogP contribution in [0.2, 0.25) is 19.6 Å². The molecule has 2 aromatic rings. The van der Waals surface area contributed by atoms with E-state index in [0.717, 1.165) is 11.1 Å². The Balaban J connectivity index is 0.000000379. The van der Waals surface area contributed by atoms with Gasteiger partial charge >= 0.3 is 26.2 Å². The summed E-state index contributed by atoms with van der Waals surface area (Å²) >= 11 is 0. The van der Waals surface area contributed by atoms with E-state index in [2.05, 4.69) is 74.7 Å². The minimum absolute atomic E-state index is 0. The van der Waals surface area contributed by atoms with Crippen LogP contribution in [0.1, 0.15) is 82.3 Å². The Bertz CT molecular complexity index is 751. The van der Waals surface area contributed by atoms with Gasteiger partial charge in [-0.2, -0.15) is 5.56 Å². The van der Waals surface area contributed by atoms with Crippen LogP contribution in [0.15, 0.2) is 66.2 Å². The van der Waals surface area contributed by atoms with Crippen molar-refractivity contribution in [2.75, 3.05) is 0 Å². The maximum atomic E-state index is 3.69. The molecule has 0 unspecified atom stereocenters. The minimum atomic E-state index is -1.38. The van der Waals surface area contributed by atoms with E-state index in [1.165, 1.54) is 75.3 Å². The number of benzene rings is 2. The molecule has 2 fully saturated rings. The molecular formula is C30H42SiZr+2. The molecular weight excluding hydrogens is 480 g/mol. The first-order valence-corrected chi connectivity index (χ1v) is 15.8. The Hall–Kier alpha value is -0.980. The molecule has 2 saturated carbocycles. The fourth-order valence-corrected chi connectivity index (χ4v) is 5.30. The van der Waals surface area contributed by atoms with E-state index in [4.69, 9.17) is 0 Å². The zero-order valence-electron chi connectivity index (χ0n) is 20.8. The van der Waals surface area contributed by atoms with Crippen molar-refractivity contribution in [1.29, 1.82) is 0 Å². The zero-order valence-corrected chi connectivity index (χ0v) is 24.3. The topological polar surface area (TPSA) is 0 Å². The van der Waals surface area contributed by atoms with Crippen LogP contribution in [0.4, 0.5) is 0 Å². The van der Waals surface area contributed by atoms with Gasteiger partial charge < -0.3 is 5.70 Å². The molecule has 32 heavy (non-hydrogen) atoms. The van der Waals surface area contributed by atoms with Gasteiger partial charge in [-0.15, -0.1) is 36.8 Å². The molecule has 0 N–H and O–H groups in total. The van der Waals surface area contributed by atoms with Crippen molar-refractivity contribution in [3.63, 3.8) is 0 Å². The fraction of sp³-hybridized carbons (Fsp3) is 0.467. The first-order chi connectivity index (χ1) is 15.0. The van der Waals surface area contributed by atoms with E-state index in [9.17, 15) is 0 Å². The van der Waals surface area contributed by atoms with Crippen LogP contribution >= 0.6 is 0 Å². The van der Waals surface area contributed by atoms with E-state index in [0.29, 0.717) is 0 Å². The summed E-state index contributed by atoms with van der Waals surface area (Å²) in [6, 6.07) is 20.8. The SMILES string of the molecule is C1CCCC1.C1CCCC1.CC(=[C-][Si](C)(C)C)C(=[C-]c1ccccc1)c1ccccc1.[Zr+4]. The number of rotatable bonds is 4. The van der Waals surface area contributed by atoms with Crippen molar-refractivity contribution >= 4 is 13.6 Å². The van der Waals surface area contributed by atoms with Gasteiger partial charge in [0.2, 0.25) is 0 Å². The average molecular weight is 522 g/mol. The molecule has 168 valence electrons. The molecule has 4 rings (SSSR count). The van der Waals surface area contributed by atoms with Crippen LogP contribution < -0.4 is 0 Å². The summed E-state index contributed by atoms with van der Waals surface area (Å²) in [5, 5.41) is 0. The van der Waals surface area contributed by atoms with Gasteiger partial charge in [0.05, 0.1) is 0 Å². The van der Waals surface area contributed by atoms with E-state index in [1.54, 1.807) is 0 Å². The third kappa shape index (κ3) is 12.9. The summed E-state index contributed by atoms with van der Waals surface area (Å²) in [5.74, 6) is 0. The standard InChI is InChI=1S/C20H22Si.2C5H10.Zr/c1-17(16-21(2,3)4)20(19-13-9-6-10-14-19)15-18-11-7-5-8-12-18;2*1-2-4-5-3-1;/h5-14H,1-4H3;2*1-5H2;/q-2;;;+4. The van der Waals surface area contributed by atoms with Gasteiger partial charge in [-0.25, -0.2) is 6.08 Å². The third-order valence-corrected chi connectivity index (χ3v) is 6.67. The predicted molar refractivity (Wildman–Crippen MR) is 141 cm³/mol. The monoisotopic (exact) mass is 520 g/mol. The Morgan fingerprint density at radius 3 is 1.38 bits per heavy atom. The van der Waals surface area contributed by atoms with Crippen molar-refractivity contribution < 1.29 is 26.2 Å². The molecule has 0 amide bonds. The molecule has 0 saturated heterocycles. The Morgan fingerprint density at radius 1 is 0.625 bits per heavy atom. The maximum Gasteiger partial charge on any atom is 4.00 e. The van der Waals surface area contributed by atoms with Crippen molar-refractivity contribution in [3.8, 4) is 0 Å². The zero-order chi connectivity index (χ0) is 22.4. The van der Waals surface area contributed by atoms with Gasteiger partial charge in [0.25, 0.3) is 0 Å². The first-order valence-electron chi connectivity index (χ1n) is 12.3. The number of hydrogen-bond acceptors (Lipinski definition) is 0. The second kappa shape index (κ2) is 16.6. The van der Waals surface area contributed by atoms with E-state index >= 15 is 0 Å². The van der Waals surface area contributed by atoms with E-state index < -0.39 is 8.07 Å². The van der Waals surface area contributed by atoms with Crippen LogP contribution in [0, 0.1) is 11.8 Å². The van der Waals surface area contributed by atoms with Crippen LogP contribution in [-0.4, -0.2) is 8.07 Å². The normalized spacial score (nSPS) is 16.2. The van der Waals surface area contributed by atoms with Gasteiger partial charge in [0, 0.05) is 0 Å². The van der Waals surface area contributed by atoms with Gasteiger partial charge in [-0.3, -0.25) is 11.1 Å². The van der Waals surface area contributed by atoms with E-state index in [-0.39, 0.29) is 26.2 Å². The summed E-state index contributed by atoms with van der Waals surface area (Å²) in [6.45, 7) is 9.07. The van der Waals surface area contributed by atoms with Crippen molar-refractivity contribution in [3.05, 3.63) is 89.1 Å². The van der Waals surface area contributed by atoms with Gasteiger partial charge in [-0.1, -0.05) is 120 Å². The summed E-state index contributed by atoms with van der Waals surface area (Å²) in [5.41, 5.74) is 8.34. The Kier molecular flexibility index (Phi) is 15.1. The molecule has 0 aromatic heterocycles. The third-order valence-electron chi connectivity index (χ3n) is 5.54. The van der Waals surface area contributed by atoms with E-state index in [1.807, 2.05) is 24.3 Å². The van der Waals surface area contributed by atoms with Gasteiger partial charge in [0.1, 0.15) is 0 Å². The molecule has 0 bridgehead atoms. The van der Waals surface area contributed by atoms with Crippen LogP contribution in [0.25, 0.3) is 5.57 Å². The Labute approximate surface area is 218 Å². The summed E-state index contributed by atoms with van der Waals surface area (Å²) in [6.07, 6.45) is 18.6. The van der Waals surface area contributed by atoms with Crippen molar-refractivity contribution in [2.24, 2.45) is 0 Å². The smallest absolute Gasteiger partial charge is 0.317 e. The molecule has 2 aliphatic rings. The van der Waals surface area contributed by atoms with Gasteiger partial charge in [0.15, 0.2) is 0 Å². The molecule has 0 nitrogen and oxygen atoms in total. The summed E-state index contributed by atoms with van der Waals surface area (Å²) in [7, 11) is -1.38. The minimum Gasteiger partial charge on any atom is -0.317 e. The second-order valence-corrected chi connectivity index (χ2v) is 14.5. The van der Waals surface area contributed by atoms with Crippen LogP contribution in [-0.2, 0) is 26.2 Å². The van der Waals surface area contributed by atoms with Crippen LogP contribution in [0.3, 0.4) is 0 Å². The molecule has 0 heterocycles. The fourth-order valence-electron chi connectivity index (χ4n) is 4.05. The summed E-state index contributed by atoms with van der Waals surface area (Å²) < 4.78 is 0. The molecule has 0 spiro atoms. The molecule has 0 atom stereocenters. The molecule has 0 radical (unpaired) electrons. The van der Waals surface area contributed by atoms with Crippen molar-refractivity contribution in [2.45, 2.75) is 90.8 Å². The Morgan fingerprint density at radius 2 is 1.00 bits per heavy atom. The molecule has 2 heteroatoms. The van der Waals surface area contributed by atoms with Crippen molar-refractivity contribution in [1.82, 2.24) is 0 Å². The molecule has 2 aromatic carbocycles. The molecule has 0 aliphatic heterocycles. The van der Waals surface area contributed by atoms with Crippen LogP contribution in [0.5, 0.6) is 0 Å². The maximum absolute atomic E-state index is 3.69. The summed E-state index contributed by atoms with van der Waals surface area (Å²) in [4.78, 5) is 0. The average Bonchev–Trinajstić information content (AvgIpc) is 3.51. The molecule has 2 aliphatic carbocycles. The first kappa shape index (κ1) is 29.1. The number of hydrogen-bond donors (Lipinski definition) is 0. The number of allylic oxidation sites excluding steroid dienone is 2. The largest absolute Gasteiger partial charge is 4.00 e. The quantitative estimate of drug-likeness (QED) is 0.163. The second-order valence-electron chi connectivity index (χ2n) is 9.77. The predicted octanol–water partition coefficient (Wildman–Crippen LogP) is 9.45. The van der Waals surface area contributed by atoms with Gasteiger partial charge in [-0.05, 0) is 8.07 Å².